The van der Waals surface area contributed by atoms with Gasteiger partial charge in [-0.1, -0.05) is 36.1 Å². The number of carbonyl (C=O) groups is 1. The minimum absolute atomic E-state index is 0.445. The van der Waals surface area contributed by atoms with Gasteiger partial charge in [0.25, 0.3) is 0 Å². The van der Waals surface area contributed by atoms with Crippen molar-refractivity contribution in [3.63, 3.8) is 0 Å². The molecule has 0 atom stereocenters. The molecule has 0 aliphatic rings. The van der Waals surface area contributed by atoms with Crippen molar-refractivity contribution in [2.75, 3.05) is 0 Å². The summed E-state index contributed by atoms with van der Waals surface area (Å²) in [5, 5.41) is 0.982. The first-order valence-electron chi connectivity index (χ1n) is 6.28. The molecule has 0 saturated heterocycles. The fourth-order valence-electron chi connectivity index (χ4n) is 1.95. The van der Waals surface area contributed by atoms with E-state index in [9.17, 15) is 4.79 Å². The van der Waals surface area contributed by atoms with Crippen molar-refractivity contribution >= 4 is 17.2 Å². The second kappa shape index (κ2) is 5.38. The normalized spacial score (nSPS) is 9.80. The van der Waals surface area contributed by atoms with E-state index >= 15 is 0 Å². The van der Waals surface area contributed by atoms with E-state index in [1.165, 1.54) is 0 Å². The van der Waals surface area contributed by atoms with E-state index in [4.69, 9.17) is 0 Å². The number of carbonyl (C=O) groups excluding carboxylic acids is 1. The highest BCUT2D eigenvalue weighted by atomic mass is 16.1. The Kier molecular flexibility index (Phi) is 3.26. The lowest BCUT2D eigenvalue weighted by atomic mass is 10.1. The fourth-order valence-corrected chi connectivity index (χ4v) is 1.95. The standard InChI is InChI=1S/C18H11NO/c20-13-17-10-9-16-12-15(8-11-18(16)19-17)7-6-14-4-2-1-3-5-14/h1-5,8-13H. The smallest absolute Gasteiger partial charge is 0.168 e. The Balaban J connectivity index is 1.98. The predicted octanol–water partition coefficient (Wildman–Crippen LogP) is 3.45. The van der Waals surface area contributed by atoms with E-state index in [0.29, 0.717) is 5.69 Å². The molecule has 1 aromatic heterocycles. The first kappa shape index (κ1) is 12.1. The molecule has 0 spiro atoms. The monoisotopic (exact) mass is 257 g/mol. The molecule has 3 rings (SSSR count). The molecule has 0 fully saturated rings. The number of hydrogen-bond acceptors (Lipinski definition) is 2. The number of fused-ring (bicyclic) bond motifs is 1. The Labute approximate surface area is 117 Å². The van der Waals surface area contributed by atoms with Gasteiger partial charge in [-0.25, -0.2) is 4.98 Å². The third-order valence-electron chi connectivity index (χ3n) is 2.96. The van der Waals surface area contributed by atoms with Gasteiger partial charge in [0.1, 0.15) is 5.69 Å². The maximum Gasteiger partial charge on any atom is 0.168 e. The maximum atomic E-state index is 10.7. The van der Waals surface area contributed by atoms with Crippen LogP contribution in [0, 0.1) is 11.8 Å². The Morgan fingerprint density at radius 3 is 2.45 bits per heavy atom. The average Bonchev–Trinajstić information content (AvgIpc) is 2.53. The van der Waals surface area contributed by atoms with Gasteiger partial charge in [0, 0.05) is 16.5 Å². The SMILES string of the molecule is O=Cc1ccc2cc(C#Cc3ccccc3)ccc2n1. The molecule has 0 saturated carbocycles. The molecule has 2 nitrogen and oxygen atoms in total. The van der Waals surface area contributed by atoms with Crippen LogP contribution in [0.1, 0.15) is 21.6 Å². The molecule has 94 valence electrons. The van der Waals surface area contributed by atoms with E-state index in [1.54, 1.807) is 6.07 Å². The van der Waals surface area contributed by atoms with Crippen LogP contribution in [0.2, 0.25) is 0 Å². The van der Waals surface area contributed by atoms with Crippen molar-refractivity contribution in [3.8, 4) is 11.8 Å². The Hall–Kier alpha value is -2.92. The molecule has 0 radical (unpaired) electrons. The third-order valence-corrected chi connectivity index (χ3v) is 2.96. The Morgan fingerprint density at radius 2 is 1.65 bits per heavy atom. The summed E-state index contributed by atoms with van der Waals surface area (Å²) in [6, 6.07) is 19.2. The number of rotatable bonds is 1. The van der Waals surface area contributed by atoms with Gasteiger partial charge in [-0.2, -0.15) is 0 Å². The van der Waals surface area contributed by atoms with Gasteiger partial charge in [0.15, 0.2) is 6.29 Å². The minimum Gasteiger partial charge on any atom is -0.296 e. The molecule has 0 aliphatic heterocycles. The topological polar surface area (TPSA) is 30.0 Å². The van der Waals surface area contributed by atoms with Crippen molar-refractivity contribution in [1.82, 2.24) is 4.98 Å². The van der Waals surface area contributed by atoms with Gasteiger partial charge in [-0.3, -0.25) is 4.79 Å². The molecular formula is C18H11NO. The average molecular weight is 257 g/mol. The van der Waals surface area contributed by atoms with Crippen LogP contribution < -0.4 is 0 Å². The van der Waals surface area contributed by atoms with E-state index in [-0.39, 0.29) is 0 Å². The summed E-state index contributed by atoms with van der Waals surface area (Å²) >= 11 is 0. The van der Waals surface area contributed by atoms with Crippen molar-refractivity contribution in [3.05, 3.63) is 77.5 Å². The quantitative estimate of drug-likeness (QED) is 0.493. The van der Waals surface area contributed by atoms with Crippen LogP contribution in [-0.4, -0.2) is 11.3 Å². The van der Waals surface area contributed by atoms with Crippen LogP contribution in [0.4, 0.5) is 0 Å². The summed E-state index contributed by atoms with van der Waals surface area (Å²) < 4.78 is 0. The van der Waals surface area contributed by atoms with Crippen LogP contribution in [-0.2, 0) is 0 Å². The van der Waals surface area contributed by atoms with E-state index in [0.717, 1.165) is 28.3 Å². The number of hydrogen-bond donors (Lipinski definition) is 0. The van der Waals surface area contributed by atoms with Crippen molar-refractivity contribution in [1.29, 1.82) is 0 Å². The zero-order valence-electron chi connectivity index (χ0n) is 10.7. The number of aldehydes is 1. The van der Waals surface area contributed by atoms with E-state index in [2.05, 4.69) is 16.8 Å². The number of nitrogens with zero attached hydrogens (tertiary/aromatic N) is 1. The Morgan fingerprint density at radius 1 is 0.850 bits per heavy atom. The van der Waals surface area contributed by atoms with Gasteiger partial charge in [0.2, 0.25) is 0 Å². The van der Waals surface area contributed by atoms with Crippen LogP contribution in [0.15, 0.2) is 60.7 Å². The molecule has 0 unspecified atom stereocenters. The number of pyridine rings is 1. The molecule has 3 aromatic rings. The molecule has 20 heavy (non-hydrogen) atoms. The lowest BCUT2D eigenvalue weighted by Crippen LogP contribution is -1.87. The summed E-state index contributed by atoms with van der Waals surface area (Å²) in [6.45, 7) is 0. The van der Waals surface area contributed by atoms with Crippen LogP contribution in [0.5, 0.6) is 0 Å². The first-order chi connectivity index (χ1) is 9.85. The van der Waals surface area contributed by atoms with E-state index < -0.39 is 0 Å². The molecule has 0 N–H and O–H groups in total. The second-order valence-electron chi connectivity index (χ2n) is 4.38. The molecule has 2 heteroatoms. The number of aromatic nitrogens is 1. The first-order valence-corrected chi connectivity index (χ1v) is 6.28. The second-order valence-corrected chi connectivity index (χ2v) is 4.38. The molecule has 2 aromatic carbocycles. The maximum absolute atomic E-state index is 10.7. The van der Waals surface area contributed by atoms with Gasteiger partial charge in [0.05, 0.1) is 5.52 Å². The number of benzene rings is 2. The summed E-state index contributed by atoms with van der Waals surface area (Å²) in [6.07, 6.45) is 0.753. The van der Waals surface area contributed by atoms with Crippen LogP contribution in [0.3, 0.4) is 0 Å². The van der Waals surface area contributed by atoms with Gasteiger partial charge in [-0.15, -0.1) is 0 Å². The fraction of sp³-hybridized carbons (Fsp3) is 0. The van der Waals surface area contributed by atoms with Crippen molar-refractivity contribution in [2.45, 2.75) is 0 Å². The van der Waals surface area contributed by atoms with Gasteiger partial charge in [-0.05, 0) is 36.4 Å². The summed E-state index contributed by atoms with van der Waals surface area (Å²) in [7, 11) is 0. The predicted molar refractivity (Wildman–Crippen MR) is 79.6 cm³/mol. The highest BCUT2D eigenvalue weighted by molar-refractivity contribution is 5.84. The van der Waals surface area contributed by atoms with Crippen LogP contribution >= 0.6 is 0 Å². The molecule has 0 amide bonds. The minimum atomic E-state index is 0.445. The summed E-state index contributed by atoms with van der Waals surface area (Å²) in [5.74, 6) is 6.26. The van der Waals surface area contributed by atoms with Gasteiger partial charge < -0.3 is 0 Å². The lowest BCUT2D eigenvalue weighted by Gasteiger charge is -1.98. The molecule has 1 heterocycles. The third kappa shape index (κ3) is 2.57. The lowest BCUT2D eigenvalue weighted by molar-refractivity contribution is 0.111. The zero-order chi connectivity index (χ0) is 13.8. The van der Waals surface area contributed by atoms with Crippen molar-refractivity contribution in [2.24, 2.45) is 0 Å². The highest BCUT2D eigenvalue weighted by Gasteiger charge is 1.98. The van der Waals surface area contributed by atoms with Gasteiger partial charge >= 0.3 is 0 Å². The largest absolute Gasteiger partial charge is 0.296 e. The summed E-state index contributed by atoms with van der Waals surface area (Å²) in [5.41, 5.74) is 3.17. The Bertz CT molecular complexity index is 826. The molecular weight excluding hydrogens is 246 g/mol. The zero-order valence-corrected chi connectivity index (χ0v) is 10.7. The highest BCUT2D eigenvalue weighted by Crippen LogP contribution is 2.14. The van der Waals surface area contributed by atoms with E-state index in [1.807, 2.05) is 54.6 Å². The summed E-state index contributed by atoms with van der Waals surface area (Å²) in [4.78, 5) is 14.9. The molecule has 0 bridgehead atoms. The van der Waals surface area contributed by atoms with Crippen molar-refractivity contribution < 1.29 is 4.79 Å². The van der Waals surface area contributed by atoms with Crippen LogP contribution in [0.25, 0.3) is 10.9 Å². The molecule has 0 aliphatic carbocycles.